The molecule has 5 heteroatoms. The first-order chi connectivity index (χ1) is 6.02. The zero-order valence-corrected chi connectivity index (χ0v) is 7.19. The highest BCUT2D eigenvalue weighted by molar-refractivity contribution is 6.59. The Kier molecular flexibility index (Phi) is 2.70. The number of primary amides is 1. The van der Waals surface area contributed by atoms with Crippen LogP contribution in [-0.4, -0.2) is 23.1 Å². The van der Waals surface area contributed by atoms with Gasteiger partial charge in [0, 0.05) is 5.56 Å². The second-order valence-corrected chi connectivity index (χ2v) is 2.81. The minimum absolute atomic E-state index is 0.363. The molecular weight excluding hydrogens is 169 g/mol. The van der Waals surface area contributed by atoms with Crippen molar-refractivity contribution in [3.05, 3.63) is 29.3 Å². The van der Waals surface area contributed by atoms with Crippen LogP contribution in [0.25, 0.3) is 0 Å². The summed E-state index contributed by atoms with van der Waals surface area (Å²) >= 11 is 0. The quantitative estimate of drug-likeness (QED) is 0.497. The van der Waals surface area contributed by atoms with Crippen LogP contribution in [0.1, 0.15) is 15.9 Å². The first-order valence-electron chi connectivity index (χ1n) is 3.79. The Morgan fingerprint density at radius 1 is 1.46 bits per heavy atom. The number of aryl methyl sites for hydroxylation is 1. The van der Waals surface area contributed by atoms with Crippen LogP contribution in [0.15, 0.2) is 18.2 Å². The highest BCUT2D eigenvalue weighted by atomic mass is 16.4. The number of rotatable bonds is 2. The van der Waals surface area contributed by atoms with Gasteiger partial charge in [0.1, 0.15) is 0 Å². The first kappa shape index (κ1) is 9.76. The van der Waals surface area contributed by atoms with E-state index in [-0.39, 0.29) is 0 Å². The van der Waals surface area contributed by atoms with Crippen molar-refractivity contribution in [3.63, 3.8) is 0 Å². The maximum absolute atomic E-state index is 10.7. The molecule has 0 heterocycles. The molecule has 4 N–H and O–H groups in total. The second-order valence-electron chi connectivity index (χ2n) is 2.81. The average molecular weight is 179 g/mol. The predicted octanol–water partition coefficient (Wildman–Crippen LogP) is -1.23. The average Bonchev–Trinajstić information content (AvgIpc) is 2.03. The number of nitrogens with two attached hydrogens (primary N) is 1. The smallest absolute Gasteiger partial charge is 0.423 e. The fraction of sp³-hybridized carbons (Fsp3) is 0.125. The number of hydrogen-bond acceptors (Lipinski definition) is 3. The molecule has 0 spiro atoms. The monoisotopic (exact) mass is 179 g/mol. The highest BCUT2D eigenvalue weighted by Gasteiger charge is 2.14. The van der Waals surface area contributed by atoms with Crippen molar-refractivity contribution in [1.29, 1.82) is 0 Å². The van der Waals surface area contributed by atoms with Crippen molar-refractivity contribution < 1.29 is 14.8 Å². The van der Waals surface area contributed by atoms with Crippen LogP contribution in [0.2, 0.25) is 0 Å². The number of carbonyl (C=O) groups is 1. The lowest BCUT2D eigenvalue weighted by molar-refractivity contribution is 0.1000. The summed E-state index contributed by atoms with van der Waals surface area (Å²) in [6, 6.07) is 4.46. The van der Waals surface area contributed by atoms with Crippen LogP contribution in [0.3, 0.4) is 0 Å². The van der Waals surface area contributed by atoms with Gasteiger partial charge in [0.15, 0.2) is 0 Å². The van der Waals surface area contributed by atoms with E-state index in [0.29, 0.717) is 16.6 Å². The summed E-state index contributed by atoms with van der Waals surface area (Å²) < 4.78 is 0. The van der Waals surface area contributed by atoms with Crippen LogP contribution >= 0.6 is 0 Å². The van der Waals surface area contributed by atoms with Gasteiger partial charge in [0.2, 0.25) is 5.91 Å². The van der Waals surface area contributed by atoms with Gasteiger partial charge in [-0.15, -0.1) is 0 Å². The van der Waals surface area contributed by atoms with E-state index >= 15 is 0 Å². The van der Waals surface area contributed by atoms with Crippen molar-refractivity contribution in [1.82, 2.24) is 0 Å². The van der Waals surface area contributed by atoms with Gasteiger partial charge < -0.3 is 15.8 Å². The Bertz CT molecular complexity index is 338. The van der Waals surface area contributed by atoms with Gasteiger partial charge in [-0.05, 0) is 24.5 Å². The third kappa shape index (κ3) is 2.08. The van der Waals surface area contributed by atoms with Crippen LogP contribution in [-0.2, 0) is 0 Å². The van der Waals surface area contributed by atoms with Gasteiger partial charge in [-0.3, -0.25) is 4.79 Å². The molecule has 0 radical (unpaired) electrons. The Hall–Kier alpha value is -1.33. The molecule has 1 aromatic carbocycles. The van der Waals surface area contributed by atoms with Crippen LogP contribution in [0, 0.1) is 6.92 Å². The predicted molar refractivity (Wildman–Crippen MR) is 49.5 cm³/mol. The number of benzene rings is 1. The van der Waals surface area contributed by atoms with E-state index < -0.39 is 13.0 Å². The van der Waals surface area contributed by atoms with Gasteiger partial charge in [-0.1, -0.05) is 11.6 Å². The number of amides is 1. The van der Waals surface area contributed by atoms with Crippen molar-refractivity contribution >= 4 is 18.5 Å². The third-order valence-corrected chi connectivity index (χ3v) is 1.83. The van der Waals surface area contributed by atoms with Crippen molar-refractivity contribution in [2.24, 2.45) is 5.73 Å². The van der Waals surface area contributed by atoms with Crippen LogP contribution < -0.4 is 11.2 Å². The molecular formula is C8H10BNO3. The minimum Gasteiger partial charge on any atom is -0.423 e. The molecule has 0 unspecified atom stereocenters. The molecule has 68 valence electrons. The van der Waals surface area contributed by atoms with Crippen LogP contribution in [0.4, 0.5) is 0 Å². The van der Waals surface area contributed by atoms with E-state index in [4.69, 9.17) is 15.8 Å². The molecule has 0 saturated heterocycles. The molecule has 0 aliphatic rings. The van der Waals surface area contributed by atoms with Gasteiger partial charge in [0.05, 0.1) is 0 Å². The summed E-state index contributed by atoms with van der Waals surface area (Å²) in [4.78, 5) is 10.7. The molecule has 0 bridgehead atoms. The molecule has 0 fully saturated rings. The van der Waals surface area contributed by atoms with Gasteiger partial charge in [0.25, 0.3) is 0 Å². The molecule has 1 rings (SSSR count). The molecule has 0 aromatic heterocycles. The summed E-state index contributed by atoms with van der Waals surface area (Å²) in [5.41, 5.74) is 6.42. The first-order valence-corrected chi connectivity index (χ1v) is 3.79. The van der Waals surface area contributed by atoms with E-state index in [0.717, 1.165) is 0 Å². The van der Waals surface area contributed by atoms with Crippen LogP contribution in [0.5, 0.6) is 0 Å². The normalized spacial score (nSPS) is 9.77. The van der Waals surface area contributed by atoms with Crippen molar-refractivity contribution in [2.45, 2.75) is 6.92 Å². The molecule has 0 aliphatic carbocycles. The summed E-state index contributed by atoms with van der Waals surface area (Å²) in [7, 11) is -1.51. The lowest BCUT2D eigenvalue weighted by Crippen LogP contribution is -2.32. The minimum atomic E-state index is -1.51. The maximum Gasteiger partial charge on any atom is 0.488 e. The Labute approximate surface area is 76.1 Å². The van der Waals surface area contributed by atoms with E-state index in [1.807, 2.05) is 0 Å². The molecule has 0 saturated carbocycles. The van der Waals surface area contributed by atoms with Gasteiger partial charge >= 0.3 is 7.12 Å². The fourth-order valence-corrected chi connectivity index (χ4v) is 1.12. The maximum atomic E-state index is 10.7. The van der Waals surface area contributed by atoms with Crippen molar-refractivity contribution in [3.8, 4) is 0 Å². The Morgan fingerprint density at radius 3 is 2.46 bits per heavy atom. The van der Waals surface area contributed by atoms with E-state index in [1.165, 1.54) is 18.2 Å². The molecule has 4 nitrogen and oxygen atoms in total. The molecule has 0 atom stereocenters. The zero-order valence-electron chi connectivity index (χ0n) is 7.19. The Morgan fingerprint density at radius 2 is 2.08 bits per heavy atom. The molecule has 13 heavy (non-hydrogen) atoms. The van der Waals surface area contributed by atoms with Gasteiger partial charge in [-0.25, -0.2) is 0 Å². The fourth-order valence-electron chi connectivity index (χ4n) is 1.12. The van der Waals surface area contributed by atoms with E-state index in [1.54, 1.807) is 6.92 Å². The summed E-state index contributed by atoms with van der Waals surface area (Å²) in [6.07, 6.45) is 0. The Balaban J connectivity index is 3.13. The summed E-state index contributed by atoms with van der Waals surface area (Å²) in [5, 5.41) is 17.7. The summed E-state index contributed by atoms with van der Waals surface area (Å²) in [6.45, 7) is 1.68. The van der Waals surface area contributed by atoms with Gasteiger partial charge in [-0.2, -0.15) is 0 Å². The summed E-state index contributed by atoms with van der Waals surface area (Å²) in [5.74, 6) is -0.526. The number of carbonyl (C=O) groups excluding carboxylic acids is 1. The lowest BCUT2D eigenvalue weighted by Gasteiger charge is -2.05. The second kappa shape index (κ2) is 3.59. The SMILES string of the molecule is Cc1cc(C(N)=O)ccc1B(O)O. The highest BCUT2D eigenvalue weighted by Crippen LogP contribution is 2.01. The topological polar surface area (TPSA) is 83.6 Å². The lowest BCUT2D eigenvalue weighted by atomic mass is 9.77. The van der Waals surface area contributed by atoms with E-state index in [2.05, 4.69) is 0 Å². The number of hydrogen-bond donors (Lipinski definition) is 3. The zero-order chi connectivity index (χ0) is 10.0. The molecule has 0 aliphatic heterocycles. The standard InChI is InChI=1S/C8H10BNO3/c1-5-4-6(8(10)11)2-3-7(5)9(12)13/h2-4,12-13H,1H3,(H2,10,11). The third-order valence-electron chi connectivity index (χ3n) is 1.83. The van der Waals surface area contributed by atoms with E-state index in [9.17, 15) is 4.79 Å². The molecule has 1 aromatic rings. The largest absolute Gasteiger partial charge is 0.488 e. The van der Waals surface area contributed by atoms with Crippen molar-refractivity contribution in [2.75, 3.05) is 0 Å². The molecule has 1 amide bonds.